The number of nitrogens with one attached hydrogen (secondary N) is 1. The zero-order valence-electron chi connectivity index (χ0n) is 15.2. The molecule has 0 bridgehead atoms. The van der Waals surface area contributed by atoms with Crippen LogP contribution in [0.4, 0.5) is 4.79 Å². The molecule has 1 saturated carbocycles. The molecule has 146 valence electrons. The number of nitrogens with zero attached hydrogens (tertiary/aromatic N) is 1. The van der Waals surface area contributed by atoms with Gasteiger partial charge in [0.2, 0.25) is 0 Å². The molecule has 1 spiro atoms. The fourth-order valence-corrected chi connectivity index (χ4v) is 3.70. The molecule has 8 heteroatoms. The van der Waals surface area contributed by atoms with E-state index in [1.54, 1.807) is 12.1 Å². The quantitative estimate of drug-likeness (QED) is 0.419. The van der Waals surface area contributed by atoms with Crippen LogP contribution in [0.15, 0.2) is 28.7 Å². The van der Waals surface area contributed by atoms with Gasteiger partial charge in [-0.1, -0.05) is 22.9 Å². The first-order valence-corrected chi connectivity index (χ1v) is 9.87. The van der Waals surface area contributed by atoms with Crippen molar-refractivity contribution in [3.63, 3.8) is 0 Å². The molecule has 0 atom stereocenters. The van der Waals surface area contributed by atoms with E-state index in [9.17, 15) is 14.4 Å². The van der Waals surface area contributed by atoms with Gasteiger partial charge in [0, 0.05) is 4.47 Å². The fraction of sp³-hybridized carbons (Fsp3) is 0.526. The number of halogens is 1. The van der Waals surface area contributed by atoms with Crippen molar-refractivity contribution in [1.82, 2.24) is 10.2 Å². The summed E-state index contributed by atoms with van der Waals surface area (Å²) in [4.78, 5) is 37.8. The Bertz CT molecular complexity index is 713. The molecular weight excluding hydrogens is 416 g/mol. The van der Waals surface area contributed by atoms with Gasteiger partial charge in [-0.3, -0.25) is 14.5 Å². The molecule has 1 aliphatic carbocycles. The Balaban J connectivity index is 1.44. The van der Waals surface area contributed by atoms with E-state index >= 15 is 0 Å². The zero-order chi connectivity index (χ0) is 19.4. The van der Waals surface area contributed by atoms with E-state index in [2.05, 4.69) is 28.2 Å². The fourth-order valence-electron chi connectivity index (χ4n) is 3.43. The second-order valence-electron chi connectivity index (χ2n) is 7.11. The van der Waals surface area contributed by atoms with Gasteiger partial charge >= 0.3 is 12.0 Å². The summed E-state index contributed by atoms with van der Waals surface area (Å²) >= 11 is 3.34. The number of carbonyl (C=O) groups excluding carboxylic acids is 3. The number of imide groups is 1. The summed E-state index contributed by atoms with van der Waals surface area (Å²) in [5.74, 6) is 0.267. The molecule has 1 aromatic carbocycles. The molecule has 1 aliphatic heterocycles. The summed E-state index contributed by atoms with van der Waals surface area (Å²) < 4.78 is 11.5. The third kappa shape index (κ3) is 4.61. The molecule has 3 rings (SSSR count). The molecule has 1 saturated heterocycles. The topological polar surface area (TPSA) is 84.9 Å². The lowest BCUT2D eigenvalue weighted by Crippen LogP contribution is -2.49. The lowest BCUT2D eigenvalue weighted by atomic mass is 9.77. The Morgan fingerprint density at radius 3 is 2.56 bits per heavy atom. The van der Waals surface area contributed by atoms with E-state index in [1.807, 2.05) is 12.1 Å². The van der Waals surface area contributed by atoms with E-state index in [4.69, 9.17) is 9.47 Å². The number of carbonyl (C=O) groups is 3. The van der Waals surface area contributed by atoms with Gasteiger partial charge in [-0.05, 0) is 55.9 Å². The van der Waals surface area contributed by atoms with Crippen LogP contribution in [0.5, 0.6) is 5.75 Å². The highest BCUT2D eigenvalue weighted by Crippen LogP contribution is 2.36. The predicted molar refractivity (Wildman–Crippen MR) is 101 cm³/mol. The molecule has 7 nitrogen and oxygen atoms in total. The monoisotopic (exact) mass is 438 g/mol. The highest BCUT2D eigenvalue weighted by Gasteiger charge is 2.52. The van der Waals surface area contributed by atoms with Gasteiger partial charge in [0.25, 0.3) is 5.91 Å². The van der Waals surface area contributed by atoms with Crippen LogP contribution in [0, 0.1) is 5.92 Å². The average Bonchev–Trinajstić information content (AvgIpc) is 2.87. The lowest BCUT2D eigenvalue weighted by Gasteiger charge is -2.33. The van der Waals surface area contributed by atoms with Crippen LogP contribution in [0.25, 0.3) is 0 Å². The third-order valence-corrected chi connectivity index (χ3v) is 5.62. The molecule has 1 heterocycles. The van der Waals surface area contributed by atoms with Crippen LogP contribution in [-0.2, 0) is 14.3 Å². The summed E-state index contributed by atoms with van der Waals surface area (Å²) in [6.45, 7) is 2.00. The molecule has 0 aromatic heterocycles. The third-order valence-electron chi connectivity index (χ3n) is 5.09. The standard InChI is InChI=1S/C19H23BrN2O5/c1-13-6-8-19(9-7-13)17(24)22(18(25)21-19)12-16(23)27-11-10-26-15-4-2-14(20)3-5-15/h2-5,13H,6-12H2,1H3,(H,21,25). The maximum atomic E-state index is 12.7. The number of ether oxygens (including phenoxy) is 2. The number of hydrogen-bond acceptors (Lipinski definition) is 5. The van der Waals surface area contributed by atoms with Gasteiger partial charge in [0.1, 0.15) is 31.0 Å². The van der Waals surface area contributed by atoms with Crippen LogP contribution in [-0.4, -0.2) is 48.1 Å². The molecule has 1 N–H and O–H groups in total. The molecule has 3 amide bonds. The molecule has 27 heavy (non-hydrogen) atoms. The van der Waals surface area contributed by atoms with E-state index < -0.39 is 17.5 Å². The van der Waals surface area contributed by atoms with Crippen LogP contribution < -0.4 is 10.1 Å². The van der Waals surface area contributed by atoms with E-state index in [0.717, 1.165) is 22.2 Å². The van der Waals surface area contributed by atoms with Gasteiger partial charge < -0.3 is 14.8 Å². The lowest BCUT2D eigenvalue weighted by molar-refractivity contribution is -0.148. The van der Waals surface area contributed by atoms with Crippen molar-refractivity contribution < 1.29 is 23.9 Å². The van der Waals surface area contributed by atoms with E-state index in [1.165, 1.54) is 0 Å². The number of urea groups is 1. The van der Waals surface area contributed by atoms with Crippen molar-refractivity contribution in [2.45, 2.75) is 38.1 Å². The first kappa shape index (κ1) is 19.7. The highest BCUT2D eigenvalue weighted by molar-refractivity contribution is 9.10. The molecule has 2 fully saturated rings. The number of benzene rings is 1. The second kappa shape index (κ2) is 8.29. The van der Waals surface area contributed by atoms with Crippen LogP contribution in [0.3, 0.4) is 0 Å². The summed E-state index contributed by atoms with van der Waals surface area (Å²) in [5.41, 5.74) is -0.839. The SMILES string of the molecule is CC1CCC2(CC1)NC(=O)N(CC(=O)OCCOc1ccc(Br)cc1)C2=O. The molecule has 0 radical (unpaired) electrons. The normalized spacial score (nSPS) is 24.8. The number of rotatable bonds is 6. The first-order chi connectivity index (χ1) is 12.9. The molecule has 2 aliphatic rings. The minimum Gasteiger partial charge on any atom is -0.490 e. The number of hydrogen-bond donors (Lipinski definition) is 1. The highest BCUT2D eigenvalue weighted by atomic mass is 79.9. The Hall–Kier alpha value is -2.09. The summed E-state index contributed by atoms with van der Waals surface area (Å²) in [6.07, 6.45) is 3.01. The van der Waals surface area contributed by atoms with Crippen LogP contribution in [0.1, 0.15) is 32.6 Å². The van der Waals surface area contributed by atoms with Crippen molar-refractivity contribution in [3.05, 3.63) is 28.7 Å². The van der Waals surface area contributed by atoms with Crippen molar-refractivity contribution in [2.75, 3.05) is 19.8 Å². The first-order valence-electron chi connectivity index (χ1n) is 9.08. The van der Waals surface area contributed by atoms with E-state index in [0.29, 0.717) is 24.5 Å². The molecule has 1 aromatic rings. The average molecular weight is 439 g/mol. The number of esters is 1. The maximum absolute atomic E-state index is 12.7. The predicted octanol–water partition coefficient (Wildman–Crippen LogP) is 2.87. The summed E-state index contributed by atoms with van der Waals surface area (Å²) in [6, 6.07) is 6.77. The Kier molecular flexibility index (Phi) is 6.04. The molecular formula is C19H23BrN2O5. The van der Waals surface area contributed by atoms with E-state index in [-0.39, 0.29) is 25.7 Å². The van der Waals surface area contributed by atoms with Crippen molar-refractivity contribution in [1.29, 1.82) is 0 Å². The van der Waals surface area contributed by atoms with Crippen molar-refractivity contribution in [3.8, 4) is 5.75 Å². The minimum atomic E-state index is -0.839. The summed E-state index contributed by atoms with van der Waals surface area (Å²) in [5, 5.41) is 2.79. The largest absolute Gasteiger partial charge is 0.490 e. The Labute approximate surface area is 166 Å². The summed E-state index contributed by atoms with van der Waals surface area (Å²) in [7, 11) is 0. The maximum Gasteiger partial charge on any atom is 0.326 e. The zero-order valence-corrected chi connectivity index (χ0v) is 16.8. The smallest absolute Gasteiger partial charge is 0.326 e. The van der Waals surface area contributed by atoms with Crippen molar-refractivity contribution in [2.24, 2.45) is 5.92 Å². The van der Waals surface area contributed by atoms with Gasteiger partial charge in [-0.2, -0.15) is 0 Å². The van der Waals surface area contributed by atoms with Gasteiger partial charge in [-0.25, -0.2) is 4.79 Å². The van der Waals surface area contributed by atoms with Crippen LogP contribution >= 0.6 is 15.9 Å². The van der Waals surface area contributed by atoms with Gasteiger partial charge in [-0.15, -0.1) is 0 Å². The molecule has 0 unspecified atom stereocenters. The number of amides is 3. The Morgan fingerprint density at radius 1 is 1.22 bits per heavy atom. The Morgan fingerprint density at radius 2 is 1.89 bits per heavy atom. The van der Waals surface area contributed by atoms with Crippen LogP contribution in [0.2, 0.25) is 0 Å². The van der Waals surface area contributed by atoms with Crippen molar-refractivity contribution >= 4 is 33.8 Å². The minimum absolute atomic E-state index is 0.0429. The van der Waals surface area contributed by atoms with Gasteiger partial charge in [0.05, 0.1) is 0 Å². The van der Waals surface area contributed by atoms with Gasteiger partial charge in [0.15, 0.2) is 0 Å². The second-order valence-corrected chi connectivity index (χ2v) is 8.02.